The smallest absolute Gasteiger partial charge is 0.227 e. The van der Waals surface area contributed by atoms with Crippen molar-refractivity contribution in [3.05, 3.63) is 35.9 Å². The predicted molar refractivity (Wildman–Crippen MR) is 75.0 cm³/mol. The molecule has 18 heavy (non-hydrogen) atoms. The third-order valence-corrected chi connectivity index (χ3v) is 3.13. The van der Waals surface area contributed by atoms with Gasteiger partial charge in [-0.25, -0.2) is 0 Å². The van der Waals surface area contributed by atoms with Crippen molar-refractivity contribution in [2.24, 2.45) is 17.6 Å². The van der Waals surface area contributed by atoms with E-state index in [1.165, 1.54) is 0 Å². The number of rotatable bonds is 5. The molecule has 2 atom stereocenters. The van der Waals surface area contributed by atoms with Gasteiger partial charge in [0.25, 0.3) is 0 Å². The van der Waals surface area contributed by atoms with Crippen molar-refractivity contribution in [1.29, 1.82) is 0 Å². The molecule has 2 N–H and O–H groups in total. The molecule has 1 aromatic carbocycles. The Labute approximate surface area is 110 Å². The van der Waals surface area contributed by atoms with Gasteiger partial charge in [0.2, 0.25) is 5.91 Å². The van der Waals surface area contributed by atoms with Crippen molar-refractivity contribution in [3.8, 4) is 0 Å². The highest BCUT2D eigenvalue weighted by molar-refractivity contribution is 5.79. The SMILES string of the molecule is CC(C)CN(C)C(=O)C(C)C(N)c1ccccc1. The van der Waals surface area contributed by atoms with E-state index in [0.29, 0.717) is 5.92 Å². The summed E-state index contributed by atoms with van der Waals surface area (Å²) in [6.07, 6.45) is 0. The van der Waals surface area contributed by atoms with Gasteiger partial charge in [-0.15, -0.1) is 0 Å². The van der Waals surface area contributed by atoms with Crippen LogP contribution < -0.4 is 5.73 Å². The van der Waals surface area contributed by atoms with Gasteiger partial charge in [0.05, 0.1) is 5.92 Å². The van der Waals surface area contributed by atoms with Gasteiger partial charge in [0.1, 0.15) is 0 Å². The maximum atomic E-state index is 12.2. The fraction of sp³-hybridized carbons (Fsp3) is 0.533. The lowest BCUT2D eigenvalue weighted by Crippen LogP contribution is -2.38. The fourth-order valence-corrected chi connectivity index (χ4v) is 2.10. The minimum absolute atomic E-state index is 0.111. The first-order chi connectivity index (χ1) is 8.43. The number of carbonyl (C=O) groups excluding carboxylic acids is 1. The van der Waals surface area contributed by atoms with E-state index in [1.54, 1.807) is 4.90 Å². The van der Waals surface area contributed by atoms with Crippen LogP contribution in [0.5, 0.6) is 0 Å². The number of hydrogen-bond donors (Lipinski definition) is 1. The highest BCUT2D eigenvalue weighted by Gasteiger charge is 2.24. The normalized spacial score (nSPS) is 14.3. The van der Waals surface area contributed by atoms with Crippen LogP contribution in [0.2, 0.25) is 0 Å². The number of benzene rings is 1. The number of carbonyl (C=O) groups is 1. The van der Waals surface area contributed by atoms with Crippen molar-refractivity contribution < 1.29 is 4.79 Å². The standard InChI is InChI=1S/C15H24N2O/c1-11(2)10-17(4)15(18)12(3)14(16)13-8-6-5-7-9-13/h5-9,11-12,14H,10,16H2,1-4H3. The summed E-state index contributed by atoms with van der Waals surface area (Å²) in [6.45, 7) is 6.87. The summed E-state index contributed by atoms with van der Waals surface area (Å²) >= 11 is 0. The van der Waals surface area contributed by atoms with E-state index < -0.39 is 0 Å². The summed E-state index contributed by atoms with van der Waals surface area (Å²) in [5.74, 6) is 0.385. The molecule has 0 aliphatic carbocycles. The molecule has 100 valence electrons. The monoisotopic (exact) mass is 248 g/mol. The molecule has 0 spiro atoms. The van der Waals surface area contributed by atoms with Gasteiger partial charge in [0, 0.05) is 19.6 Å². The summed E-state index contributed by atoms with van der Waals surface area (Å²) in [7, 11) is 1.84. The van der Waals surface area contributed by atoms with Crippen LogP contribution >= 0.6 is 0 Å². The van der Waals surface area contributed by atoms with Crippen LogP contribution in [0.1, 0.15) is 32.4 Å². The number of amides is 1. The van der Waals surface area contributed by atoms with Crippen LogP contribution in [0.3, 0.4) is 0 Å². The van der Waals surface area contributed by atoms with Crippen molar-refractivity contribution >= 4 is 5.91 Å². The second kappa shape index (κ2) is 6.55. The molecule has 0 aliphatic heterocycles. The van der Waals surface area contributed by atoms with Gasteiger partial charge < -0.3 is 10.6 Å². The summed E-state index contributed by atoms with van der Waals surface area (Å²) in [4.78, 5) is 14.0. The minimum Gasteiger partial charge on any atom is -0.345 e. The molecule has 3 heteroatoms. The molecular formula is C15H24N2O. The average Bonchev–Trinajstić information content (AvgIpc) is 2.36. The minimum atomic E-state index is -0.242. The molecule has 0 saturated heterocycles. The number of hydrogen-bond acceptors (Lipinski definition) is 2. The first-order valence-corrected chi connectivity index (χ1v) is 6.49. The van der Waals surface area contributed by atoms with Crippen LogP contribution in [0.25, 0.3) is 0 Å². The molecule has 1 aromatic rings. The van der Waals surface area contributed by atoms with Gasteiger partial charge in [0.15, 0.2) is 0 Å². The van der Waals surface area contributed by atoms with E-state index >= 15 is 0 Å². The zero-order valence-corrected chi connectivity index (χ0v) is 11.8. The number of nitrogens with zero attached hydrogens (tertiary/aromatic N) is 1. The zero-order valence-electron chi connectivity index (χ0n) is 11.8. The lowest BCUT2D eigenvalue weighted by molar-refractivity contribution is -0.134. The summed E-state index contributed by atoms with van der Waals surface area (Å²) in [5.41, 5.74) is 7.17. The van der Waals surface area contributed by atoms with E-state index in [-0.39, 0.29) is 17.9 Å². The van der Waals surface area contributed by atoms with Crippen molar-refractivity contribution in [2.45, 2.75) is 26.8 Å². The largest absolute Gasteiger partial charge is 0.345 e. The molecule has 0 fully saturated rings. The summed E-state index contributed by atoms with van der Waals surface area (Å²) in [5, 5.41) is 0. The van der Waals surface area contributed by atoms with Gasteiger partial charge in [-0.05, 0) is 11.5 Å². The Kier molecular flexibility index (Phi) is 5.35. The van der Waals surface area contributed by atoms with Gasteiger partial charge in [-0.1, -0.05) is 51.1 Å². The Hall–Kier alpha value is -1.35. The van der Waals surface area contributed by atoms with Gasteiger partial charge in [-0.2, -0.15) is 0 Å². The predicted octanol–water partition coefficient (Wildman–Crippen LogP) is 2.44. The van der Waals surface area contributed by atoms with Gasteiger partial charge in [-0.3, -0.25) is 4.79 Å². The zero-order chi connectivity index (χ0) is 13.7. The molecule has 0 heterocycles. The van der Waals surface area contributed by atoms with Crippen LogP contribution in [0.4, 0.5) is 0 Å². The van der Waals surface area contributed by atoms with Crippen LogP contribution in [0, 0.1) is 11.8 Å². The first-order valence-electron chi connectivity index (χ1n) is 6.49. The maximum absolute atomic E-state index is 12.2. The molecule has 0 bridgehead atoms. The average molecular weight is 248 g/mol. The maximum Gasteiger partial charge on any atom is 0.227 e. The Balaban J connectivity index is 2.69. The first kappa shape index (κ1) is 14.7. The van der Waals surface area contributed by atoms with E-state index in [1.807, 2.05) is 44.3 Å². The third-order valence-electron chi connectivity index (χ3n) is 3.13. The molecule has 0 radical (unpaired) electrons. The topological polar surface area (TPSA) is 46.3 Å². The Morgan fingerprint density at radius 2 is 1.78 bits per heavy atom. The van der Waals surface area contributed by atoms with Crippen LogP contribution in [-0.4, -0.2) is 24.4 Å². The van der Waals surface area contributed by atoms with Gasteiger partial charge >= 0.3 is 0 Å². The molecule has 1 rings (SSSR count). The van der Waals surface area contributed by atoms with E-state index in [0.717, 1.165) is 12.1 Å². The molecule has 3 nitrogen and oxygen atoms in total. The summed E-state index contributed by atoms with van der Waals surface area (Å²) in [6, 6.07) is 9.55. The molecule has 2 unspecified atom stereocenters. The fourth-order valence-electron chi connectivity index (χ4n) is 2.10. The second-order valence-electron chi connectivity index (χ2n) is 5.34. The lowest BCUT2D eigenvalue weighted by Gasteiger charge is -2.26. The quantitative estimate of drug-likeness (QED) is 0.870. The molecule has 0 saturated carbocycles. The highest BCUT2D eigenvalue weighted by atomic mass is 16.2. The Morgan fingerprint density at radius 1 is 1.22 bits per heavy atom. The molecule has 0 aliphatic rings. The van der Waals surface area contributed by atoms with Crippen molar-refractivity contribution in [3.63, 3.8) is 0 Å². The van der Waals surface area contributed by atoms with Crippen molar-refractivity contribution in [1.82, 2.24) is 4.90 Å². The molecular weight excluding hydrogens is 224 g/mol. The Morgan fingerprint density at radius 3 is 2.28 bits per heavy atom. The van der Waals surface area contributed by atoms with Crippen LogP contribution in [-0.2, 0) is 4.79 Å². The van der Waals surface area contributed by atoms with E-state index in [2.05, 4.69) is 13.8 Å². The van der Waals surface area contributed by atoms with Crippen LogP contribution in [0.15, 0.2) is 30.3 Å². The molecule has 1 amide bonds. The van der Waals surface area contributed by atoms with E-state index in [4.69, 9.17) is 5.73 Å². The summed E-state index contributed by atoms with van der Waals surface area (Å²) < 4.78 is 0. The second-order valence-corrected chi connectivity index (χ2v) is 5.34. The molecule has 0 aromatic heterocycles. The lowest BCUT2D eigenvalue weighted by atomic mass is 9.94. The van der Waals surface area contributed by atoms with Crippen molar-refractivity contribution in [2.75, 3.05) is 13.6 Å². The number of nitrogens with two attached hydrogens (primary N) is 1. The Bertz CT molecular complexity index is 375. The third kappa shape index (κ3) is 3.84. The highest BCUT2D eigenvalue weighted by Crippen LogP contribution is 2.20. The van der Waals surface area contributed by atoms with E-state index in [9.17, 15) is 4.79 Å².